The monoisotopic (exact) mass is 289 g/mol. The van der Waals surface area contributed by atoms with E-state index in [-0.39, 0.29) is 18.4 Å². The Balaban J connectivity index is 0.00000112. The van der Waals surface area contributed by atoms with Gasteiger partial charge in [-0.2, -0.15) is 0 Å². The number of nitrogens with two attached hydrogens (primary N) is 1. The Hall–Kier alpha value is -0.0500. The van der Waals surface area contributed by atoms with E-state index in [1.165, 1.54) is 31.2 Å². The molecule has 1 fully saturated rings. The minimum absolute atomic E-state index is 0. The molecule has 2 rings (SSSR count). The summed E-state index contributed by atoms with van der Waals surface area (Å²) in [4.78, 5) is 0. The third-order valence-corrected chi connectivity index (χ3v) is 3.89. The van der Waals surface area contributed by atoms with E-state index >= 15 is 0 Å². The molecule has 1 aromatic carbocycles. The fourth-order valence-electron chi connectivity index (χ4n) is 2.32. The first-order valence-corrected chi connectivity index (χ1v) is 6.08. The summed E-state index contributed by atoms with van der Waals surface area (Å²) in [5.74, 6) is 0.689. The number of halogens is 2. The van der Waals surface area contributed by atoms with E-state index in [1.807, 2.05) is 6.07 Å². The molecule has 15 heavy (non-hydrogen) atoms. The number of hydrogen-bond acceptors (Lipinski definition) is 1. The van der Waals surface area contributed by atoms with Gasteiger partial charge in [-0.05, 0) is 30.4 Å². The summed E-state index contributed by atoms with van der Waals surface area (Å²) in [7, 11) is 0. The second-order valence-electron chi connectivity index (χ2n) is 4.09. The van der Waals surface area contributed by atoms with Crippen molar-refractivity contribution < 1.29 is 0 Å². The first-order valence-electron chi connectivity index (χ1n) is 5.29. The van der Waals surface area contributed by atoms with Gasteiger partial charge in [0.05, 0.1) is 0 Å². The summed E-state index contributed by atoms with van der Waals surface area (Å²) in [6.45, 7) is 0. The van der Waals surface area contributed by atoms with Crippen molar-refractivity contribution in [1.82, 2.24) is 0 Å². The van der Waals surface area contributed by atoms with E-state index in [0.29, 0.717) is 5.92 Å². The molecule has 84 valence electrons. The molecule has 0 spiro atoms. The summed E-state index contributed by atoms with van der Waals surface area (Å²) >= 11 is 3.56. The summed E-state index contributed by atoms with van der Waals surface area (Å²) < 4.78 is 1.15. The highest BCUT2D eigenvalue weighted by atomic mass is 79.9. The zero-order valence-corrected chi connectivity index (χ0v) is 11.1. The minimum Gasteiger partial charge on any atom is -0.324 e. The largest absolute Gasteiger partial charge is 0.324 e. The van der Waals surface area contributed by atoms with Crippen LogP contribution in [0, 0.1) is 5.92 Å². The Bertz CT molecular complexity index is 310. The maximum atomic E-state index is 6.27. The molecule has 1 aliphatic rings. The fraction of sp³-hybridized carbons (Fsp3) is 0.500. The number of benzene rings is 1. The van der Waals surface area contributed by atoms with Crippen LogP contribution in [0.25, 0.3) is 0 Å². The summed E-state index contributed by atoms with van der Waals surface area (Å²) in [6.07, 6.45) is 5.29. The molecule has 0 heterocycles. The maximum Gasteiger partial charge on any atom is 0.0334 e. The van der Waals surface area contributed by atoms with Crippen LogP contribution in [0.2, 0.25) is 0 Å². The predicted molar refractivity (Wildman–Crippen MR) is 70.3 cm³/mol. The van der Waals surface area contributed by atoms with Gasteiger partial charge in [0.15, 0.2) is 0 Å². The van der Waals surface area contributed by atoms with Crippen molar-refractivity contribution in [2.45, 2.75) is 31.7 Å². The van der Waals surface area contributed by atoms with Crippen LogP contribution in [0.5, 0.6) is 0 Å². The van der Waals surface area contributed by atoms with Gasteiger partial charge in [0.2, 0.25) is 0 Å². The molecular weight excluding hydrogens is 273 g/mol. The molecule has 0 unspecified atom stereocenters. The van der Waals surface area contributed by atoms with Crippen LogP contribution in [-0.4, -0.2) is 0 Å². The van der Waals surface area contributed by atoms with E-state index in [9.17, 15) is 0 Å². The summed E-state index contributed by atoms with van der Waals surface area (Å²) in [5.41, 5.74) is 7.53. The second-order valence-corrected chi connectivity index (χ2v) is 4.95. The lowest BCUT2D eigenvalue weighted by molar-refractivity contribution is 0.444. The lowest BCUT2D eigenvalue weighted by atomic mass is 9.93. The molecule has 0 aliphatic heterocycles. The van der Waals surface area contributed by atoms with Crippen LogP contribution in [0.1, 0.15) is 37.3 Å². The van der Waals surface area contributed by atoms with Crippen LogP contribution < -0.4 is 5.73 Å². The average Bonchev–Trinajstić information content (AvgIpc) is 2.70. The van der Waals surface area contributed by atoms with Crippen molar-refractivity contribution in [3.63, 3.8) is 0 Å². The molecule has 0 aromatic heterocycles. The second kappa shape index (κ2) is 5.88. The van der Waals surface area contributed by atoms with Crippen molar-refractivity contribution >= 4 is 28.3 Å². The average molecular weight is 291 g/mol. The minimum atomic E-state index is 0. The van der Waals surface area contributed by atoms with E-state index in [2.05, 4.69) is 34.1 Å². The van der Waals surface area contributed by atoms with Crippen LogP contribution in [-0.2, 0) is 0 Å². The van der Waals surface area contributed by atoms with Crippen molar-refractivity contribution in [3.05, 3.63) is 34.3 Å². The van der Waals surface area contributed by atoms with Crippen molar-refractivity contribution in [3.8, 4) is 0 Å². The SMILES string of the molecule is Cl.N[C@H](c1ccccc1Br)C1CCCC1. The molecule has 2 N–H and O–H groups in total. The molecule has 1 saturated carbocycles. The first kappa shape index (κ1) is 13.0. The van der Waals surface area contributed by atoms with Crippen LogP contribution in [0.4, 0.5) is 0 Å². The lowest BCUT2D eigenvalue weighted by Crippen LogP contribution is -2.19. The molecule has 1 aromatic rings. The van der Waals surface area contributed by atoms with Gasteiger partial charge in [-0.1, -0.05) is 47.0 Å². The van der Waals surface area contributed by atoms with Crippen LogP contribution >= 0.6 is 28.3 Å². The molecule has 0 saturated heterocycles. The van der Waals surface area contributed by atoms with Crippen molar-refractivity contribution in [2.24, 2.45) is 11.7 Å². The number of rotatable bonds is 2. The predicted octanol–water partition coefficient (Wildman–Crippen LogP) is 4.06. The lowest BCUT2D eigenvalue weighted by Gasteiger charge is -2.20. The molecule has 1 nitrogen and oxygen atoms in total. The third-order valence-electron chi connectivity index (χ3n) is 3.17. The molecule has 1 aliphatic carbocycles. The van der Waals surface area contributed by atoms with Gasteiger partial charge in [0, 0.05) is 10.5 Å². The van der Waals surface area contributed by atoms with Gasteiger partial charge in [0.1, 0.15) is 0 Å². The Labute approximate surface area is 106 Å². The van der Waals surface area contributed by atoms with Crippen LogP contribution in [0.3, 0.4) is 0 Å². The Morgan fingerprint density at radius 1 is 1.20 bits per heavy atom. The van der Waals surface area contributed by atoms with Crippen LogP contribution in [0.15, 0.2) is 28.7 Å². The van der Waals surface area contributed by atoms with Gasteiger partial charge in [-0.25, -0.2) is 0 Å². The van der Waals surface area contributed by atoms with Gasteiger partial charge >= 0.3 is 0 Å². The van der Waals surface area contributed by atoms with Crippen molar-refractivity contribution in [2.75, 3.05) is 0 Å². The smallest absolute Gasteiger partial charge is 0.0334 e. The zero-order chi connectivity index (χ0) is 9.97. The quantitative estimate of drug-likeness (QED) is 0.873. The van der Waals surface area contributed by atoms with Gasteiger partial charge in [-0.15, -0.1) is 12.4 Å². The highest BCUT2D eigenvalue weighted by Crippen LogP contribution is 2.36. The third kappa shape index (κ3) is 2.96. The molecule has 0 radical (unpaired) electrons. The standard InChI is InChI=1S/C12H16BrN.ClH/c13-11-8-4-3-7-10(11)12(14)9-5-1-2-6-9;/h3-4,7-9,12H,1-2,5-6,14H2;1H/t12-;/m0./s1. The topological polar surface area (TPSA) is 26.0 Å². The van der Waals surface area contributed by atoms with Gasteiger partial charge in [-0.3, -0.25) is 0 Å². The van der Waals surface area contributed by atoms with Gasteiger partial charge in [0.25, 0.3) is 0 Å². The molecule has 0 amide bonds. The summed E-state index contributed by atoms with van der Waals surface area (Å²) in [6, 6.07) is 8.52. The number of hydrogen-bond donors (Lipinski definition) is 1. The molecule has 3 heteroatoms. The Morgan fingerprint density at radius 2 is 1.80 bits per heavy atom. The van der Waals surface area contributed by atoms with E-state index in [1.54, 1.807) is 0 Å². The van der Waals surface area contributed by atoms with Gasteiger partial charge < -0.3 is 5.73 Å². The molecule has 1 atom stereocenters. The highest BCUT2D eigenvalue weighted by molar-refractivity contribution is 9.10. The van der Waals surface area contributed by atoms with E-state index < -0.39 is 0 Å². The first-order chi connectivity index (χ1) is 6.79. The normalized spacial score (nSPS) is 18.5. The Kier molecular flexibility index (Phi) is 5.10. The highest BCUT2D eigenvalue weighted by Gasteiger charge is 2.24. The zero-order valence-electron chi connectivity index (χ0n) is 8.66. The van der Waals surface area contributed by atoms with Crippen molar-refractivity contribution in [1.29, 1.82) is 0 Å². The maximum absolute atomic E-state index is 6.27. The summed E-state index contributed by atoms with van der Waals surface area (Å²) in [5, 5.41) is 0. The van der Waals surface area contributed by atoms with E-state index in [4.69, 9.17) is 5.73 Å². The molecule has 0 bridgehead atoms. The Morgan fingerprint density at radius 3 is 2.40 bits per heavy atom. The molecular formula is C12H17BrClN. The fourth-order valence-corrected chi connectivity index (χ4v) is 2.86. The van der Waals surface area contributed by atoms with E-state index in [0.717, 1.165) is 4.47 Å².